The van der Waals surface area contributed by atoms with Crippen LogP contribution in [0.2, 0.25) is 0 Å². The van der Waals surface area contributed by atoms with Crippen molar-refractivity contribution in [3.8, 4) is 0 Å². The van der Waals surface area contributed by atoms with Crippen LogP contribution in [0.4, 0.5) is 0 Å². The summed E-state index contributed by atoms with van der Waals surface area (Å²) >= 11 is 0. The van der Waals surface area contributed by atoms with Crippen molar-refractivity contribution in [3.63, 3.8) is 0 Å². The highest BCUT2D eigenvalue weighted by Gasteiger charge is 2.13. The van der Waals surface area contributed by atoms with E-state index in [0.717, 1.165) is 6.42 Å². The Morgan fingerprint density at radius 2 is 2.25 bits per heavy atom. The summed E-state index contributed by atoms with van der Waals surface area (Å²) in [6.07, 6.45) is 2.96. The lowest BCUT2D eigenvalue weighted by atomic mass is 9.85. The Morgan fingerprint density at radius 1 is 1.62 bits per heavy atom. The van der Waals surface area contributed by atoms with Crippen LogP contribution in [0.25, 0.3) is 0 Å². The predicted octanol–water partition coefficient (Wildman–Crippen LogP) is 2.45. The Bertz CT molecular complexity index is 170. The lowest BCUT2D eigenvalue weighted by Gasteiger charge is -2.20. The van der Waals surface area contributed by atoms with Gasteiger partial charge in [-0.15, -0.1) is 0 Å². The molecule has 42 valence electrons. The third-order valence-corrected chi connectivity index (χ3v) is 1.52. The molecule has 0 fully saturated rings. The zero-order chi connectivity index (χ0) is 6.15. The maximum atomic E-state index is 3.83. The normalized spacial score (nSPS) is 18.4. The molecule has 1 aliphatic carbocycles. The van der Waals surface area contributed by atoms with Crippen LogP contribution in [0.5, 0.6) is 0 Å². The fourth-order valence-electron chi connectivity index (χ4n) is 1.02. The molecule has 0 aliphatic heterocycles. The molecular formula is C8H10. The van der Waals surface area contributed by atoms with Crippen LogP contribution in [0.15, 0.2) is 36.0 Å². The van der Waals surface area contributed by atoms with Gasteiger partial charge in [0.1, 0.15) is 0 Å². The smallest absolute Gasteiger partial charge is 0.00607 e. The van der Waals surface area contributed by atoms with Crippen LogP contribution in [0.1, 0.15) is 13.3 Å². The van der Waals surface area contributed by atoms with Crippen molar-refractivity contribution < 1.29 is 0 Å². The summed E-state index contributed by atoms with van der Waals surface area (Å²) in [6.45, 7) is 9.62. The molecule has 0 heteroatoms. The van der Waals surface area contributed by atoms with Gasteiger partial charge in [-0.05, 0) is 24.5 Å². The highest BCUT2D eigenvalue weighted by molar-refractivity contribution is 5.51. The van der Waals surface area contributed by atoms with E-state index in [1.807, 2.05) is 6.08 Å². The van der Waals surface area contributed by atoms with Crippen molar-refractivity contribution in [2.24, 2.45) is 0 Å². The first-order valence-corrected chi connectivity index (χ1v) is 2.76. The number of hydrogen-bond acceptors (Lipinski definition) is 0. The van der Waals surface area contributed by atoms with E-state index < -0.39 is 0 Å². The number of allylic oxidation sites excluding steroid dienone is 4. The van der Waals surface area contributed by atoms with Crippen LogP contribution >= 0.6 is 0 Å². The average Bonchev–Trinajstić information content (AvgIpc) is 1.67. The van der Waals surface area contributed by atoms with E-state index in [4.69, 9.17) is 0 Å². The fraction of sp³-hybridized carbons (Fsp3) is 0.250. The van der Waals surface area contributed by atoms with Crippen LogP contribution in [-0.4, -0.2) is 0 Å². The molecule has 0 amide bonds. The summed E-state index contributed by atoms with van der Waals surface area (Å²) in [5.41, 5.74) is 3.92. The Balaban J connectivity index is 2.89. The molecule has 0 aromatic rings. The van der Waals surface area contributed by atoms with Gasteiger partial charge in [0.2, 0.25) is 0 Å². The predicted molar refractivity (Wildman–Crippen MR) is 36.7 cm³/mol. The molecule has 0 heterocycles. The zero-order valence-corrected chi connectivity index (χ0v) is 5.20. The fourth-order valence-corrected chi connectivity index (χ4v) is 1.02. The second-order valence-corrected chi connectivity index (χ2v) is 2.18. The highest BCUT2D eigenvalue weighted by atomic mass is 14.2. The Kier molecular flexibility index (Phi) is 1.09. The molecule has 0 atom stereocenters. The van der Waals surface area contributed by atoms with Crippen molar-refractivity contribution >= 4 is 0 Å². The van der Waals surface area contributed by atoms with Crippen LogP contribution in [0, 0.1) is 0 Å². The van der Waals surface area contributed by atoms with Gasteiger partial charge in [-0.2, -0.15) is 0 Å². The molecule has 0 bridgehead atoms. The average molecular weight is 106 g/mol. The largest absolute Gasteiger partial charge is 0.0985 e. The first kappa shape index (κ1) is 5.36. The Hall–Kier alpha value is -0.780. The van der Waals surface area contributed by atoms with Crippen molar-refractivity contribution in [2.75, 3.05) is 0 Å². The minimum absolute atomic E-state index is 1.08. The van der Waals surface area contributed by atoms with E-state index in [1.165, 1.54) is 16.7 Å². The molecule has 0 aromatic carbocycles. The van der Waals surface area contributed by atoms with Crippen molar-refractivity contribution in [3.05, 3.63) is 36.0 Å². The lowest BCUT2D eigenvalue weighted by molar-refractivity contribution is 1.02. The lowest BCUT2D eigenvalue weighted by Crippen LogP contribution is -2.01. The monoisotopic (exact) mass is 106 g/mol. The topological polar surface area (TPSA) is 0 Å². The Labute approximate surface area is 50.2 Å². The molecule has 0 unspecified atom stereocenters. The zero-order valence-electron chi connectivity index (χ0n) is 5.20. The minimum Gasteiger partial charge on any atom is -0.0985 e. The number of rotatable bonds is 1. The van der Waals surface area contributed by atoms with Gasteiger partial charge >= 0.3 is 0 Å². The molecule has 0 saturated carbocycles. The summed E-state index contributed by atoms with van der Waals surface area (Å²) in [5, 5.41) is 0. The van der Waals surface area contributed by atoms with Crippen molar-refractivity contribution in [1.82, 2.24) is 0 Å². The second kappa shape index (κ2) is 1.62. The van der Waals surface area contributed by atoms with Gasteiger partial charge in [0.05, 0.1) is 0 Å². The van der Waals surface area contributed by atoms with Gasteiger partial charge in [0.15, 0.2) is 0 Å². The number of hydrogen-bond donors (Lipinski definition) is 0. The first-order chi connectivity index (χ1) is 3.75. The van der Waals surface area contributed by atoms with E-state index >= 15 is 0 Å². The molecule has 0 aromatic heterocycles. The molecule has 0 radical (unpaired) electrons. The summed E-state index contributed by atoms with van der Waals surface area (Å²) in [4.78, 5) is 0. The quantitative estimate of drug-likeness (QED) is 0.481. The van der Waals surface area contributed by atoms with Crippen LogP contribution in [-0.2, 0) is 0 Å². The summed E-state index contributed by atoms with van der Waals surface area (Å²) < 4.78 is 0. The SMILES string of the molecule is C=CC1=C(C)CC1=C. The molecule has 0 spiro atoms. The van der Waals surface area contributed by atoms with E-state index in [-0.39, 0.29) is 0 Å². The van der Waals surface area contributed by atoms with E-state index in [9.17, 15) is 0 Å². The van der Waals surface area contributed by atoms with Gasteiger partial charge in [-0.3, -0.25) is 0 Å². The van der Waals surface area contributed by atoms with Gasteiger partial charge < -0.3 is 0 Å². The third kappa shape index (κ3) is 0.532. The maximum absolute atomic E-state index is 3.83. The van der Waals surface area contributed by atoms with Gasteiger partial charge in [-0.1, -0.05) is 24.8 Å². The minimum atomic E-state index is 1.08. The highest BCUT2D eigenvalue weighted by Crippen LogP contribution is 2.32. The van der Waals surface area contributed by atoms with Crippen molar-refractivity contribution in [1.29, 1.82) is 0 Å². The molecule has 0 nitrogen and oxygen atoms in total. The van der Waals surface area contributed by atoms with Gasteiger partial charge in [0.25, 0.3) is 0 Å². The molecule has 1 aliphatic rings. The second-order valence-electron chi connectivity index (χ2n) is 2.18. The van der Waals surface area contributed by atoms with E-state index in [0.29, 0.717) is 0 Å². The molecular weight excluding hydrogens is 96.1 g/mol. The van der Waals surface area contributed by atoms with Gasteiger partial charge in [-0.25, -0.2) is 0 Å². The summed E-state index contributed by atoms with van der Waals surface area (Å²) in [6, 6.07) is 0. The first-order valence-electron chi connectivity index (χ1n) is 2.76. The third-order valence-electron chi connectivity index (χ3n) is 1.52. The molecule has 0 N–H and O–H groups in total. The maximum Gasteiger partial charge on any atom is -0.00607 e. The Morgan fingerprint density at radius 3 is 2.38 bits per heavy atom. The molecule has 8 heavy (non-hydrogen) atoms. The summed E-state index contributed by atoms with van der Waals surface area (Å²) in [7, 11) is 0. The van der Waals surface area contributed by atoms with Crippen LogP contribution in [0.3, 0.4) is 0 Å². The van der Waals surface area contributed by atoms with Gasteiger partial charge in [0, 0.05) is 0 Å². The molecule has 1 rings (SSSR count). The van der Waals surface area contributed by atoms with Crippen molar-refractivity contribution in [2.45, 2.75) is 13.3 Å². The van der Waals surface area contributed by atoms with Crippen LogP contribution < -0.4 is 0 Å². The molecule has 0 saturated heterocycles. The van der Waals surface area contributed by atoms with E-state index in [1.54, 1.807) is 0 Å². The standard InChI is InChI=1S/C8H10/c1-4-8-6(2)5-7(8)3/h4H,1-2,5H2,3H3. The summed E-state index contributed by atoms with van der Waals surface area (Å²) in [5.74, 6) is 0. The van der Waals surface area contributed by atoms with E-state index in [2.05, 4.69) is 20.1 Å².